The van der Waals surface area contributed by atoms with E-state index in [1.807, 2.05) is 36.4 Å². The monoisotopic (exact) mass is 791 g/mol. The summed E-state index contributed by atoms with van der Waals surface area (Å²) in [4.78, 5) is 15.5. The van der Waals surface area contributed by atoms with E-state index in [4.69, 9.17) is 15.0 Å². The van der Waals surface area contributed by atoms with Crippen LogP contribution in [-0.4, -0.2) is 24.1 Å². The van der Waals surface area contributed by atoms with Crippen molar-refractivity contribution in [3.63, 3.8) is 0 Å². The van der Waals surface area contributed by atoms with Crippen molar-refractivity contribution < 1.29 is 0 Å². The first kappa shape index (κ1) is 35.5. The molecule has 9 aromatic carbocycles. The maximum atomic E-state index is 5.23. The molecule has 12 rings (SSSR count). The summed E-state index contributed by atoms with van der Waals surface area (Å²) < 4.78 is 4.71. The largest absolute Gasteiger partial charge is 0.308 e. The molecule has 0 amide bonds. The van der Waals surface area contributed by atoms with E-state index in [0.29, 0.717) is 17.6 Å². The Morgan fingerprint density at radius 2 is 0.790 bits per heavy atom. The van der Waals surface area contributed by atoms with Crippen molar-refractivity contribution in [2.75, 3.05) is 0 Å². The Morgan fingerprint density at radius 3 is 1.42 bits per heavy atom. The normalized spacial score (nSPS) is 11.5. The van der Waals surface area contributed by atoms with Gasteiger partial charge in [0.25, 0.3) is 0 Å². The number of aromatic nitrogens is 5. The third kappa shape index (κ3) is 5.90. The Bertz CT molecular complexity index is 3550. The zero-order valence-corrected chi connectivity index (χ0v) is 33.6. The van der Waals surface area contributed by atoms with Crippen molar-refractivity contribution in [3.05, 3.63) is 224 Å². The Kier molecular flexibility index (Phi) is 8.42. The molecule has 5 nitrogen and oxygen atoms in total. The molecule has 0 aliphatic carbocycles. The van der Waals surface area contributed by atoms with Crippen LogP contribution in [-0.2, 0) is 0 Å². The summed E-state index contributed by atoms with van der Waals surface area (Å²) >= 11 is 0. The van der Waals surface area contributed by atoms with Crippen molar-refractivity contribution in [1.29, 1.82) is 0 Å². The third-order valence-corrected chi connectivity index (χ3v) is 12.0. The summed E-state index contributed by atoms with van der Waals surface area (Å²) in [6.45, 7) is 0. The molecule has 0 radical (unpaired) electrons. The van der Waals surface area contributed by atoms with Crippen LogP contribution in [0.15, 0.2) is 224 Å². The first-order valence-corrected chi connectivity index (χ1v) is 21.0. The maximum absolute atomic E-state index is 5.23. The van der Waals surface area contributed by atoms with Gasteiger partial charge in [0.1, 0.15) is 0 Å². The molecule has 0 unspecified atom stereocenters. The van der Waals surface area contributed by atoms with Gasteiger partial charge in [0.05, 0.1) is 27.8 Å². The quantitative estimate of drug-likeness (QED) is 0.162. The lowest BCUT2D eigenvalue weighted by Crippen LogP contribution is -2.06. The predicted octanol–water partition coefficient (Wildman–Crippen LogP) is 14.4. The molecule has 0 spiro atoms. The van der Waals surface area contributed by atoms with Crippen LogP contribution in [0.4, 0.5) is 0 Å². The Labute approximate surface area is 358 Å². The molecule has 0 fully saturated rings. The molecule has 0 saturated heterocycles. The molecule has 3 aromatic heterocycles. The molecule has 0 atom stereocenters. The second kappa shape index (κ2) is 14.7. The van der Waals surface area contributed by atoms with Gasteiger partial charge in [-0.25, -0.2) is 4.98 Å². The van der Waals surface area contributed by atoms with Crippen LogP contribution in [0.1, 0.15) is 0 Å². The zero-order valence-electron chi connectivity index (χ0n) is 33.6. The molecule has 0 N–H and O–H groups in total. The van der Waals surface area contributed by atoms with Crippen LogP contribution >= 0.6 is 0 Å². The molecular weight excluding hydrogens is 755 g/mol. The topological polar surface area (TPSA) is 48.5 Å². The Morgan fingerprint density at radius 1 is 0.290 bits per heavy atom. The summed E-state index contributed by atoms with van der Waals surface area (Å²) in [6.07, 6.45) is 0. The van der Waals surface area contributed by atoms with Gasteiger partial charge in [-0.15, -0.1) is 0 Å². The number of hydrogen-bond donors (Lipinski definition) is 0. The molecular formula is C57H37N5. The fourth-order valence-electron chi connectivity index (χ4n) is 9.14. The molecule has 62 heavy (non-hydrogen) atoms. The van der Waals surface area contributed by atoms with E-state index in [1.165, 1.54) is 27.5 Å². The van der Waals surface area contributed by atoms with Gasteiger partial charge < -0.3 is 4.57 Å². The fraction of sp³-hybridized carbons (Fsp3) is 0. The van der Waals surface area contributed by atoms with Gasteiger partial charge in [0, 0.05) is 38.2 Å². The number of nitrogens with zero attached hydrogens (tertiary/aromatic N) is 5. The van der Waals surface area contributed by atoms with Crippen LogP contribution in [0.2, 0.25) is 0 Å². The number of hydrogen-bond acceptors (Lipinski definition) is 3. The minimum Gasteiger partial charge on any atom is -0.308 e. The highest BCUT2D eigenvalue weighted by atomic mass is 15.2. The Hall–Kier alpha value is -8.41. The lowest BCUT2D eigenvalue weighted by molar-refractivity contribution is 0.953. The zero-order chi connectivity index (χ0) is 41.0. The van der Waals surface area contributed by atoms with Crippen molar-refractivity contribution >= 4 is 43.6 Å². The van der Waals surface area contributed by atoms with Gasteiger partial charge in [-0.3, -0.25) is 4.57 Å². The van der Waals surface area contributed by atoms with Gasteiger partial charge in [-0.1, -0.05) is 188 Å². The number of rotatable bonds is 7. The highest BCUT2D eigenvalue weighted by molar-refractivity contribution is 6.26. The summed E-state index contributed by atoms with van der Waals surface area (Å²) in [5, 5.41) is 4.62. The van der Waals surface area contributed by atoms with E-state index in [9.17, 15) is 0 Å². The minimum absolute atomic E-state index is 0.566. The lowest BCUT2D eigenvalue weighted by atomic mass is 9.94. The fourth-order valence-corrected chi connectivity index (χ4v) is 9.14. The molecule has 12 aromatic rings. The van der Waals surface area contributed by atoms with Crippen molar-refractivity contribution in [3.8, 4) is 67.8 Å². The van der Waals surface area contributed by atoms with E-state index in [-0.39, 0.29) is 0 Å². The first-order valence-electron chi connectivity index (χ1n) is 21.0. The molecule has 0 aliphatic rings. The van der Waals surface area contributed by atoms with E-state index in [0.717, 1.165) is 66.3 Å². The van der Waals surface area contributed by atoms with Gasteiger partial charge in [0.2, 0.25) is 5.95 Å². The molecule has 0 saturated carbocycles. The summed E-state index contributed by atoms with van der Waals surface area (Å²) in [5.41, 5.74) is 14.2. The van der Waals surface area contributed by atoms with E-state index < -0.39 is 0 Å². The highest BCUT2D eigenvalue weighted by Crippen LogP contribution is 2.44. The van der Waals surface area contributed by atoms with Crippen LogP contribution in [0.25, 0.3) is 111 Å². The lowest BCUT2D eigenvalue weighted by Gasteiger charge is -2.17. The summed E-state index contributed by atoms with van der Waals surface area (Å²) in [7, 11) is 0. The van der Waals surface area contributed by atoms with Crippen LogP contribution in [0.3, 0.4) is 0 Å². The van der Waals surface area contributed by atoms with Crippen molar-refractivity contribution in [2.45, 2.75) is 0 Å². The number of para-hydroxylation sites is 2. The van der Waals surface area contributed by atoms with Gasteiger partial charge in [-0.05, 0) is 64.2 Å². The SMILES string of the molecule is c1ccc(-c2cccc(-c3cc(-c4ccccc4)ccc3-n3c4ccccc4c4ccc5c(c6ccccc6n5-c5nc(-c6ccccc6)nc(-c6ccccc6)n5)c43)c2)cc1. The molecule has 5 heteroatoms. The van der Waals surface area contributed by atoms with E-state index in [1.54, 1.807) is 0 Å². The van der Waals surface area contributed by atoms with Crippen LogP contribution < -0.4 is 0 Å². The first-order chi connectivity index (χ1) is 30.8. The Balaban J connectivity index is 1.18. The van der Waals surface area contributed by atoms with E-state index >= 15 is 0 Å². The van der Waals surface area contributed by atoms with E-state index in [2.05, 4.69) is 197 Å². The van der Waals surface area contributed by atoms with Crippen LogP contribution in [0.5, 0.6) is 0 Å². The number of benzene rings is 9. The smallest absolute Gasteiger partial charge is 0.238 e. The number of fused-ring (bicyclic) bond motifs is 7. The molecule has 0 aliphatic heterocycles. The van der Waals surface area contributed by atoms with Gasteiger partial charge in [-0.2, -0.15) is 9.97 Å². The summed E-state index contributed by atoms with van der Waals surface area (Å²) in [6, 6.07) is 79.4. The molecule has 0 bridgehead atoms. The predicted molar refractivity (Wildman–Crippen MR) is 256 cm³/mol. The maximum Gasteiger partial charge on any atom is 0.238 e. The molecule has 290 valence electrons. The second-order valence-electron chi connectivity index (χ2n) is 15.6. The van der Waals surface area contributed by atoms with Crippen molar-refractivity contribution in [1.82, 2.24) is 24.1 Å². The third-order valence-electron chi connectivity index (χ3n) is 12.0. The summed E-state index contributed by atoms with van der Waals surface area (Å²) in [5.74, 6) is 1.81. The van der Waals surface area contributed by atoms with Crippen molar-refractivity contribution in [2.24, 2.45) is 0 Å². The highest BCUT2D eigenvalue weighted by Gasteiger charge is 2.24. The average Bonchev–Trinajstić information content (AvgIpc) is 3.88. The minimum atomic E-state index is 0.566. The second-order valence-corrected chi connectivity index (χ2v) is 15.6. The van der Waals surface area contributed by atoms with Gasteiger partial charge >= 0.3 is 0 Å². The molecule has 3 heterocycles. The standard InChI is InChI=1S/C57H37N5/c1-5-18-38(19-6-1)42-26-17-27-44(36-42)48-37-43(39-20-7-2-8-21-39)32-34-51(48)61-49-30-15-13-28-45(49)46-33-35-52-53(54(46)61)47-29-14-16-31-50(47)62(52)57-59-55(40-22-9-3-10-23-40)58-56(60-57)41-24-11-4-12-25-41/h1-37H. The van der Waals surface area contributed by atoms with Gasteiger partial charge in [0.15, 0.2) is 11.6 Å². The average molecular weight is 792 g/mol. The van der Waals surface area contributed by atoms with Crippen LogP contribution in [0, 0.1) is 0 Å².